The first kappa shape index (κ1) is 29.9. The first-order valence-electron chi connectivity index (χ1n) is 17.3. The molecule has 7 aromatic carbocycles. The summed E-state index contributed by atoms with van der Waals surface area (Å²) >= 11 is 1.88. The van der Waals surface area contributed by atoms with Gasteiger partial charge in [-0.2, -0.15) is 0 Å². The Balaban J connectivity index is 1.36. The average Bonchev–Trinajstić information content (AvgIpc) is 3.60. The number of rotatable bonds is 4. The maximum atomic E-state index is 2.50. The van der Waals surface area contributed by atoms with Crippen LogP contribution in [-0.4, -0.2) is 0 Å². The van der Waals surface area contributed by atoms with E-state index in [2.05, 4.69) is 185 Å². The van der Waals surface area contributed by atoms with Crippen molar-refractivity contribution in [3.63, 3.8) is 0 Å². The van der Waals surface area contributed by atoms with Crippen LogP contribution in [0.5, 0.6) is 0 Å². The SMILES string of the molecule is CC(C)(C)c1ccc(N(c2ccc3c(c2)C(C)(C)c2ccccc2-3)c2ccc3ccccc3c2-c2cccc3sc4ccccc4c23)cc1. The van der Waals surface area contributed by atoms with Gasteiger partial charge >= 0.3 is 0 Å². The minimum Gasteiger partial charge on any atom is -0.310 e. The monoisotopic (exact) mass is 649 g/mol. The van der Waals surface area contributed by atoms with Gasteiger partial charge < -0.3 is 4.90 Å². The lowest BCUT2D eigenvalue weighted by Gasteiger charge is -2.31. The number of benzene rings is 7. The van der Waals surface area contributed by atoms with Crippen LogP contribution in [-0.2, 0) is 10.8 Å². The van der Waals surface area contributed by atoms with Crippen LogP contribution in [0.1, 0.15) is 51.3 Å². The Morgan fingerprint density at radius 2 is 1.18 bits per heavy atom. The van der Waals surface area contributed by atoms with Gasteiger partial charge in [0, 0.05) is 42.5 Å². The molecular weight excluding hydrogens is 611 g/mol. The van der Waals surface area contributed by atoms with E-state index in [1.807, 2.05) is 11.3 Å². The van der Waals surface area contributed by atoms with Gasteiger partial charge in [-0.3, -0.25) is 0 Å². The maximum Gasteiger partial charge on any atom is 0.0546 e. The smallest absolute Gasteiger partial charge is 0.0546 e. The molecule has 0 amide bonds. The number of fused-ring (bicyclic) bond motifs is 7. The Morgan fingerprint density at radius 3 is 2.00 bits per heavy atom. The van der Waals surface area contributed by atoms with Crippen LogP contribution in [0.4, 0.5) is 17.1 Å². The summed E-state index contributed by atoms with van der Waals surface area (Å²) in [5.41, 5.74) is 12.8. The first-order valence-corrected chi connectivity index (χ1v) is 18.1. The van der Waals surface area contributed by atoms with Crippen LogP contribution in [0.2, 0.25) is 0 Å². The number of hydrogen-bond acceptors (Lipinski definition) is 2. The van der Waals surface area contributed by atoms with Gasteiger partial charge in [-0.15, -0.1) is 11.3 Å². The van der Waals surface area contributed by atoms with Crippen molar-refractivity contribution in [3.8, 4) is 22.3 Å². The minimum absolute atomic E-state index is 0.0660. The number of thiophene rings is 1. The van der Waals surface area contributed by atoms with E-state index in [1.54, 1.807) is 0 Å². The molecule has 0 spiro atoms. The normalized spacial score (nSPS) is 13.6. The van der Waals surface area contributed by atoms with Crippen LogP contribution in [0.15, 0.2) is 146 Å². The van der Waals surface area contributed by atoms with Gasteiger partial charge in [0.2, 0.25) is 0 Å². The summed E-state index contributed by atoms with van der Waals surface area (Å²) in [7, 11) is 0. The van der Waals surface area contributed by atoms with Crippen molar-refractivity contribution in [2.45, 2.75) is 45.4 Å². The molecule has 1 aromatic heterocycles. The topological polar surface area (TPSA) is 3.24 Å². The molecule has 2 heteroatoms. The Kier molecular flexibility index (Phi) is 6.67. The van der Waals surface area contributed by atoms with Crippen LogP contribution in [0.25, 0.3) is 53.2 Å². The second-order valence-electron chi connectivity index (χ2n) is 15.0. The molecule has 8 aromatic rings. The maximum absolute atomic E-state index is 2.50. The molecule has 0 saturated heterocycles. The molecule has 1 heterocycles. The summed E-state index contributed by atoms with van der Waals surface area (Å²) < 4.78 is 2.64. The molecule has 9 rings (SSSR count). The molecule has 0 unspecified atom stereocenters. The van der Waals surface area contributed by atoms with Crippen molar-refractivity contribution in [3.05, 3.63) is 162 Å². The van der Waals surface area contributed by atoms with Gasteiger partial charge in [0.25, 0.3) is 0 Å². The third-order valence-electron chi connectivity index (χ3n) is 10.6. The average molecular weight is 650 g/mol. The molecule has 0 radical (unpaired) electrons. The molecule has 1 nitrogen and oxygen atoms in total. The van der Waals surface area contributed by atoms with Gasteiger partial charge in [0.15, 0.2) is 0 Å². The zero-order valence-electron chi connectivity index (χ0n) is 28.7. The van der Waals surface area contributed by atoms with E-state index < -0.39 is 0 Å². The van der Waals surface area contributed by atoms with E-state index in [1.165, 1.54) is 81.3 Å². The molecular formula is C47H39NS. The summed E-state index contributed by atoms with van der Waals surface area (Å²) in [6, 6.07) is 54.5. The Morgan fingerprint density at radius 1 is 0.531 bits per heavy atom. The number of hydrogen-bond donors (Lipinski definition) is 0. The summed E-state index contributed by atoms with van der Waals surface area (Å²) in [5, 5.41) is 5.14. The van der Waals surface area contributed by atoms with Crippen molar-refractivity contribution in [2.75, 3.05) is 4.90 Å². The number of nitrogens with zero attached hydrogens (tertiary/aromatic N) is 1. The van der Waals surface area contributed by atoms with Gasteiger partial charge in [0.05, 0.1) is 5.69 Å². The predicted octanol–water partition coefficient (Wildman–Crippen LogP) is 13.9. The van der Waals surface area contributed by atoms with E-state index in [0.29, 0.717) is 0 Å². The highest BCUT2D eigenvalue weighted by molar-refractivity contribution is 7.25. The van der Waals surface area contributed by atoms with Gasteiger partial charge in [-0.25, -0.2) is 0 Å². The molecule has 0 bridgehead atoms. The number of anilines is 3. The summed E-state index contributed by atoms with van der Waals surface area (Å²) in [5.74, 6) is 0. The fourth-order valence-electron chi connectivity index (χ4n) is 8.08. The molecule has 49 heavy (non-hydrogen) atoms. The molecule has 238 valence electrons. The Hall–Kier alpha value is -5.18. The van der Waals surface area contributed by atoms with Gasteiger partial charge in [0.1, 0.15) is 0 Å². The van der Waals surface area contributed by atoms with Gasteiger partial charge in [-0.05, 0) is 92.0 Å². The standard InChI is InChI=1S/C47H39NS/c1-46(2,3)31-22-24-32(25-23-31)48(33-26-27-36-35-15-8-10-18-39(35)47(4,5)40(36)29-33)41-28-21-30-13-6-7-14-34(30)44(41)38-17-12-20-43-45(38)37-16-9-11-19-42(37)49-43/h6-29H,1-5H3. The summed E-state index contributed by atoms with van der Waals surface area (Å²) in [6.45, 7) is 11.6. The first-order chi connectivity index (χ1) is 23.7. The van der Waals surface area contributed by atoms with Crippen molar-refractivity contribution in [1.82, 2.24) is 0 Å². The lowest BCUT2D eigenvalue weighted by molar-refractivity contribution is 0.590. The van der Waals surface area contributed by atoms with E-state index in [4.69, 9.17) is 0 Å². The predicted molar refractivity (Wildman–Crippen MR) is 213 cm³/mol. The lowest BCUT2D eigenvalue weighted by atomic mass is 9.82. The molecule has 1 aliphatic carbocycles. The third kappa shape index (κ3) is 4.65. The van der Waals surface area contributed by atoms with E-state index in [-0.39, 0.29) is 10.8 Å². The Bertz CT molecular complexity index is 2560. The van der Waals surface area contributed by atoms with Gasteiger partial charge in [-0.1, -0.05) is 138 Å². The summed E-state index contributed by atoms with van der Waals surface area (Å²) in [6.07, 6.45) is 0. The highest BCUT2D eigenvalue weighted by Gasteiger charge is 2.36. The van der Waals surface area contributed by atoms with E-state index in [9.17, 15) is 0 Å². The van der Waals surface area contributed by atoms with Crippen LogP contribution in [0, 0.1) is 0 Å². The van der Waals surface area contributed by atoms with Crippen LogP contribution < -0.4 is 4.90 Å². The zero-order chi connectivity index (χ0) is 33.5. The summed E-state index contributed by atoms with van der Waals surface area (Å²) in [4.78, 5) is 2.50. The second-order valence-corrected chi connectivity index (χ2v) is 16.1. The lowest BCUT2D eigenvalue weighted by Crippen LogP contribution is -2.17. The largest absolute Gasteiger partial charge is 0.310 e. The third-order valence-corrected chi connectivity index (χ3v) is 11.8. The van der Waals surface area contributed by atoms with E-state index in [0.717, 1.165) is 5.69 Å². The van der Waals surface area contributed by atoms with Crippen LogP contribution in [0.3, 0.4) is 0 Å². The highest BCUT2D eigenvalue weighted by atomic mass is 32.1. The molecule has 0 aliphatic heterocycles. The second kappa shape index (κ2) is 10.9. The van der Waals surface area contributed by atoms with E-state index >= 15 is 0 Å². The molecule has 0 atom stereocenters. The fourth-order valence-corrected chi connectivity index (χ4v) is 9.21. The van der Waals surface area contributed by atoms with Crippen molar-refractivity contribution in [2.24, 2.45) is 0 Å². The highest BCUT2D eigenvalue weighted by Crippen LogP contribution is 2.53. The van der Waals surface area contributed by atoms with Crippen molar-refractivity contribution >= 4 is 59.3 Å². The molecule has 0 N–H and O–H groups in total. The van der Waals surface area contributed by atoms with Crippen molar-refractivity contribution < 1.29 is 0 Å². The fraction of sp³-hybridized carbons (Fsp3) is 0.149. The zero-order valence-corrected chi connectivity index (χ0v) is 29.5. The Labute approximate surface area is 293 Å². The minimum atomic E-state index is -0.100. The molecule has 1 aliphatic rings. The quantitative estimate of drug-likeness (QED) is 0.183. The van der Waals surface area contributed by atoms with Crippen molar-refractivity contribution in [1.29, 1.82) is 0 Å². The molecule has 0 saturated carbocycles. The molecule has 0 fully saturated rings. The van der Waals surface area contributed by atoms with Crippen LogP contribution >= 0.6 is 11.3 Å².